The Kier molecular flexibility index (Phi) is 4.11. The second-order valence-electron chi connectivity index (χ2n) is 6.05. The molecular formula is C17H17F3N2O2. The molecule has 2 aromatic rings. The highest BCUT2D eigenvalue weighted by atomic mass is 19.4. The molecule has 128 valence electrons. The van der Waals surface area contributed by atoms with Gasteiger partial charge in [0.1, 0.15) is 5.76 Å². The van der Waals surface area contributed by atoms with Crippen molar-refractivity contribution in [1.29, 1.82) is 0 Å². The van der Waals surface area contributed by atoms with E-state index in [0.29, 0.717) is 17.9 Å². The van der Waals surface area contributed by atoms with Crippen molar-refractivity contribution < 1.29 is 22.5 Å². The average molecular weight is 338 g/mol. The topological polar surface area (TPSA) is 55.1 Å². The Balaban J connectivity index is 1.67. The van der Waals surface area contributed by atoms with Gasteiger partial charge in [-0.05, 0) is 37.8 Å². The number of rotatable bonds is 4. The molecule has 1 N–H and O–H groups in total. The SMILES string of the molecule is Cc1noc(C)c1CNC(=O)[C@@H]1C[C@H]1c1ccccc1C(F)(F)F. The van der Waals surface area contributed by atoms with Gasteiger partial charge < -0.3 is 9.84 Å². The van der Waals surface area contributed by atoms with Crippen LogP contribution in [0.25, 0.3) is 0 Å². The molecule has 0 spiro atoms. The lowest BCUT2D eigenvalue weighted by Crippen LogP contribution is -2.25. The highest BCUT2D eigenvalue weighted by Gasteiger charge is 2.47. The van der Waals surface area contributed by atoms with Crippen LogP contribution in [0.4, 0.5) is 13.2 Å². The van der Waals surface area contributed by atoms with Crippen LogP contribution in [-0.2, 0) is 17.5 Å². The summed E-state index contributed by atoms with van der Waals surface area (Å²) in [5.74, 6) is -0.416. The van der Waals surface area contributed by atoms with Crippen molar-refractivity contribution in [2.45, 2.75) is 38.9 Å². The summed E-state index contributed by atoms with van der Waals surface area (Å²) in [6, 6.07) is 5.45. The third kappa shape index (κ3) is 3.16. The van der Waals surface area contributed by atoms with E-state index in [4.69, 9.17) is 4.52 Å². The summed E-state index contributed by atoms with van der Waals surface area (Å²) in [7, 11) is 0. The van der Waals surface area contributed by atoms with Crippen LogP contribution in [-0.4, -0.2) is 11.1 Å². The summed E-state index contributed by atoms with van der Waals surface area (Å²) in [6.45, 7) is 3.79. The van der Waals surface area contributed by atoms with Gasteiger partial charge in [-0.15, -0.1) is 0 Å². The fraction of sp³-hybridized carbons (Fsp3) is 0.412. The third-order valence-electron chi connectivity index (χ3n) is 4.41. The number of benzene rings is 1. The Labute approximate surface area is 137 Å². The van der Waals surface area contributed by atoms with Gasteiger partial charge in [0.05, 0.1) is 11.3 Å². The van der Waals surface area contributed by atoms with Crippen molar-refractivity contribution in [3.8, 4) is 0 Å². The first-order valence-electron chi connectivity index (χ1n) is 7.64. The predicted molar refractivity (Wildman–Crippen MR) is 80.1 cm³/mol. The first-order chi connectivity index (χ1) is 11.3. The second kappa shape index (κ2) is 5.96. The van der Waals surface area contributed by atoms with Gasteiger partial charge in [-0.2, -0.15) is 13.2 Å². The Hall–Kier alpha value is -2.31. The highest BCUT2D eigenvalue weighted by molar-refractivity contribution is 5.83. The number of hydrogen-bond donors (Lipinski definition) is 1. The number of hydrogen-bond acceptors (Lipinski definition) is 3. The molecule has 24 heavy (non-hydrogen) atoms. The Bertz CT molecular complexity index is 748. The van der Waals surface area contributed by atoms with Crippen LogP contribution < -0.4 is 5.32 Å². The van der Waals surface area contributed by atoms with Gasteiger partial charge >= 0.3 is 6.18 Å². The number of carbonyl (C=O) groups is 1. The first kappa shape index (κ1) is 16.5. The molecule has 2 atom stereocenters. The lowest BCUT2D eigenvalue weighted by molar-refractivity contribution is -0.138. The van der Waals surface area contributed by atoms with Gasteiger partial charge in [0.15, 0.2) is 0 Å². The zero-order chi connectivity index (χ0) is 17.5. The molecule has 1 aromatic heterocycles. The number of alkyl halides is 3. The smallest absolute Gasteiger partial charge is 0.361 e. The number of halogens is 3. The van der Waals surface area contributed by atoms with Gasteiger partial charge in [-0.25, -0.2) is 0 Å². The minimum Gasteiger partial charge on any atom is -0.361 e. The van der Waals surface area contributed by atoms with E-state index in [1.807, 2.05) is 0 Å². The number of aryl methyl sites for hydroxylation is 2. The Morgan fingerprint density at radius 3 is 2.67 bits per heavy atom. The van der Waals surface area contributed by atoms with Gasteiger partial charge in [-0.1, -0.05) is 23.4 Å². The van der Waals surface area contributed by atoms with Crippen LogP contribution in [0.1, 0.15) is 40.5 Å². The van der Waals surface area contributed by atoms with E-state index in [0.717, 1.165) is 11.6 Å². The molecule has 1 heterocycles. The summed E-state index contributed by atoms with van der Waals surface area (Å²) < 4.78 is 44.2. The molecule has 1 fully saturated rings. The van der Waals surface area contributed by atoms with Crippen molar-refractivity contribution in [3.63, 3.8) is 0 Å². The first-order valence-corrected chi connectivity index (χ1v) is 7.64. The predicted octanol–water partition coefficient (Wildman–Crippen LogP) is 3.73. The summed E-state index contributed by atoms with van der Waals surface area (Å²) in [4.78, 5) is 12.2. The standard InChI is InChI=1S/C17H17F3N2O2/c1-9-14(10(2)24-22-9)8-21-16(23)13-7-12(13)11-5-3-4-6-15(11)17(18,19)20/h3-6,12-13H,7-8H2,1-2H3,(H,21,23)/t12-,13+/m0/s1. The van der Waals surface area contributed by atoms with Crippen LogP contribution in [0.15, 0.2) is 28.8 Å². The number of aromatic nitrogens is 1. The van der Waals surface area contributed by atoms with Crippen LogP contribution in [0.3, 0.4) is 0 Å². The molecule has 3 rings (SSSR count). The summed E-state index contributed by atoms with van der Waals surface area (Å²) in [5, 5.41) is 6.57. The molecule has 1 aliphatic rings. The molecule has 1 aliphatic carbocycles. The Morgan fingerprint density at radius 2 is 2.04 bits per heavy atom. The third-order valence-corrected chi connectivity index (χ3v) is 4.41. The zero-order valence-electron chi connectivity index (χ0n) is 13.3. The fourth-order valence-corrected chi connectivity index (χ4v) is 2.97. The van der Waals surface area contributed by atoms with E-state index >= 15 is 0 Å². The van der Waals surface area contributed by atoms with E-state index in [2.05, 4.69) is 10.5 Å². The van der Waals surface area contributed by atoms with E-state index in [-0.39, 0.29) is 23.9 Å². The van der Waals surface area contributed by atoms with Crippen LogP contribution in [0.2, 0.25) is 0 Å². The van der Waals surface area contributed by atoms with Gasteiger partial charge in [0.25, 0.3) is 0 Å². The van der Waals surface area contributed by atoms with Crippen LogP contribution in [0, 0.1) is 19.8 Å². The fourth-order valence-electron chi connectivity index (χ4n) is 2.97. The number of carbonyl (C=O) groups excluding carboxylic acids is 1. The van der Waals surface area contributed by atoms with Crippen molar-refractivity contribution >= 4 is 5.91 Å². The normalized spacial score (nSPS) is 20.0. The van der Waals surface area contributed by atoms with Crippen LogP contribution in [0.5, 0.6) is 0 Å². The molecule has 0 bridgehead atoms. The maximum Gasteiger partial charge on any atom is 0.416 e. The Morgan fingerprint density at radius 1 is 1.33 bits per heavy atom. The van der Waals surface area contributed by atoms with Gasteiger partial charge in [-0.3, -0.25) is 4.79 Å². The number of amides is 1. The molecule has 7 heteroatoms. The summed E-state index contributed by atoms with van der Waals surface area (Å²) in [6.07, 6.45) is -3.97. The minimum atomic E-state index is -4.41. The number of nitrogens with one attached hydrogen (secondary N) is 1. The van der Waals surface area contributed by atoms with Gasteiger partial charge in [0, 0.05) is 18.0 Å². The van der Waals surface area contributed by atoms with Gasteiger partial charge in [0.2, 0.25) is 5.91 Å². The lowest BCUT2D eigenvalue weighted by atomic mass is 10.0. The maximum absolute atomic E-state index is 13.1. The maximum atomic E-state index is 13.1. The van der Waals surface area contributed by atoms with Crippen molar-refractivity contribution in [2.75, 3.05) is 0 Å². The zero-order valence-corrected chi connectivity index (χ0v) is 13.3. The number of nitrogens with zero attached hydrogens (tertiary/aromatic N) is 1. The minimum absolute atomic E-state index is 0.197. The molecule has 1 saturated carbocycles. The second-order valence-corrected chi connectivity index (χ2v) is 6.05. The lowest BCUT2D eigenvalue weighted by Gasteiger charge is -2.12. The van der Waals surface area contributed by atoms with E-state index in [1.54, 1.807) is 19.9 Å². The van der Waals surface area contributed by atoms with E-state index in [9.17, 15) is 18.0 Å². The molecule has 0 aliphatic heterocycles. The van der Waals surface area contributed by atoms with Crippen molar-refractivity contribution in [2.24, 2.45) is 5.92 Å². The molecule has 0 saturated heterocycles. The van der Waals surface area contributed by atoms with E-state index < -0.39 is 17.7 Å². The van der Waals surface area contributed by atoms with E-state index in [1.165, 1.54) is 12.1 Å². The quantitative estimate of drug-likeness (QED) is 0.924. The van der Waals surface area contributed by atoms with Crippen molar-refractivity contribution in [3.05, 3.63) is 52.4 Å². The highest BCUT2D eigenvalue weighted by Crippen LogP contribution is 2.51. The largest absolute Gasteiger partial charge is 0.416 e. The molecule has 0 radical (unpaired) electrons. The summed E-state index contributed by atoms with van der Waals surface area (Å²) in [5.41, 5.74) is 1.04. The molecule has 1 aromatic carbocycles. The molecule has 4 nitrogen and oxygen atoms in total. The summed E-state index contributed by atoms with van der Waals surface area (Å²) >= 11 is 0. The van der Waals surface area contributed by atoms with Crippen LogP contribution >= 0.6 is 0 Å². The monoisotopic (exact) mass is 338 g/mol. The molecule has 0 unspecified atom stereocenters. The molecule has 1 amide bonds. The molecular weight excluding hydrogens is 321 g/mol. The van der Waals surface area contributed by atoms with Crippen molar-refractivity contribution in [1.82, 2.24) is 10.5 Å². The average Bonchev–Trinajstić information content (AvgIpc) is 3.26.